The molecule has 0 spiro atoms. The lowest BCUT2D eigenvalue weighted by atomic mass is 9.99. The summed E-state index contributed by atoms with van der Waals surface area (Å²) in [6.07, 6.45) is -3.06. The van der Waals surface area contributed by atoms with Crippen LogP contribution in [0.25, 0.3) is 0 Å². The number of likely N-dealkylation sites (N-methyl/N-ethyl adjacent to an activating group) is 1. The third kappa shape index (κ3) is 9.80. The first-order valence-corrected chi connectivity index (χ1v) is 19.7. The Balaban J connectivity index is 1.11. The third-order valence-corrected chi connectivity index (χ3v) is 11.6. The van der Waals surface area contributed by atoms with E-state index in [1.54, 1.807) is 9.80 Å². The van der Waals surface area contributed by atoms with E-state index in [9.17, 15) is 32.3 Å². The third-order valence-electron chi connectivity index (χ3n) is 11.3. The zero-order valence-corrected chi connectivity index (χ0v) is 32.6. The molecular weight excluding hydrogens is 755 g/mol. The Hall–Kier alpha value is -4.28. The SMILES string of the molecule is CN(C)CCOC(=O)[C@@H]1CCCN1C1CCN(C(=O)[C@@H](Cc2cc(Cl)c(N)c(C(F)(F)F)c2)OC(=O)N2CCC(N3CCc4ccccc4NC3=O)CC2)CC1. The zero-order chi connectivity index (χ0) is 40.1. The highest BCUT2D eigenvalue weighted by atomic mass is 35.5. The quantitative estimate of drug-likeness (QED) is 0.248. The van der Waals surface area contributed by atoms with E-state index < -0.39 is 35.5 Å². The van der Waals surface area contributed by atoms with Crippen molar-refractivity contribution in [2.24, 2.45) is 0 Å². The Bertz CT molecular complexity index is 1750. The summed E-state index contributed by atoms with van der Waals surface area (Å²) >= 11 is 6.13. The van der Waals surface area contributed by atoms with Gasteiger partial charge in [0.1, 0.15) is 12.6 Å². The number of hydrogen-bond acceptors (Lipinski definition) is 9. The number of nitrogens with one attached hydrogen (secondary N) is 1. The van der Waals surface area contributed by atoms with Crippen molar-refractivity contribution in [2.75, 3.05) is 77.6 Å². The monoisotopic (exact) mass is 805 g/mol. The molecule has 4 heterocycles. The molecule has 6 rings (SSSR count). The number of hydrogen-bond donors (Lipinski definition) is 2. The van der Waals surface area contributed by atoms with Crippen molar-refractivity contribution in [3.05, 3.63) is 58.1 Å². The molecular formula is C39H51ClF3N7O6. The predicted molar refractivity (Wildman–Crippen MR) is 204 cm³/mol. The van der Waals surface area contributed by atoms with Crippen LogP contribution in [0.2, 0.25) is 5.02 Å². The largest absolute Gasteiger partial charge is 0.463 e. The van der Waals surface area contributed by atoms with E-state index in [1.165, 1.54) is 11.0 Å². The molecule has 3 saturated heterocycles. The number of nitrogens with zero attached hydrogens (tertiary/aromatic N) is 5. The molecule has 306 valence electrons. The van der Waals surface area contributed by atoms with Gasteiger partial charge >= 0.3 is 24.3 Å². The molecule has 0 aliphatic carbocycles. The molecule has 0 radical (unpaired) electrons. The van der Waals surface area contributed by atoms with Crippen molar-refractivity contribution in [3.8, 4) is 0 Å². The summed E-state index contributed by atoms with van der Waals surface area (Å²) in [5.41, 5.74) is 5.77. The maximum absolute atomic E-state index is 14.2. The van der Waals surface area contributed by atoms with E-state index in [4.69, 9.17) is 26.8 Å². The van der Waals surface area contributed by atoms with Crippen LogP contribution in [0, 0.1) is 0 Å². The Kier molecular flexibility index (Phi) is 13.2. The maximum atomic E-state index is 14.2. The lowest BCUT2D eigenvalue weighted by Gasteiger charge is -2.40. The lowest BCUT2D eigenvalue weighted by Crippen LogP contribution is -2.53. The molecule has 4 amide bonds. The van der Waals surface area contributed by atoms with Gasteiger partial charge in [0, 0.05) is 63.5 Å². The van der Waals surface area contributed by atoms with E-state index >= 15 is 0 Å². The topological polar surface area (TPSA) is 141 Å². The molecule has 0 unspecified atom stereocenters. The van der Waals surface area contributed by atoms with E-state index in [1.807, 2.05) is 43.3 Å². The van der Waals surface area contributed by atoms with Crippen LogP contribution >= 0.6 is 11.6 Å². The average molecular weight is 806 g/mol. The molecule has 2 atom stereocenters. The molecule has 0 saturated carbocycles. The van der Waals surface area contributed by atoms with Crippen molar-refractivity contribution >= 4 is 47.0 Å². The molecule has 0 bridgehead atoms. The average Bonchev–Trinajstić information content (AvgIpc) is 3.60. The van der Waals surface area contributed by atoms with E-state index in [0.717, 1.165) is 30.3 Å². The summed E-state index contributed by atoms with van der Waals surface area (Å²) in [5, 5.41) is 2.66. The minimum atomic E-state index is -4.80. The Morgan fingerprint density at radius 3 is 2.34 bits per heavy atom. The second kappa shape index (κ2) is 17.9. The highest BCUT2D eigenvalue weighted by molar-refractivity contribution is 6.33. The van der Waals surface area contributed by atoms with Crippen molar-refractivity contribution in [3.63, 3.8) is 0 Å². The van der Waals surface area contributed by atoms with Crippen LogP contribution in [0.3, 0.4) is 0 Å². The maximum Gasteiger partial charge on any atom is 0.418 e. The van der Waals surface area contributed by atoms with Crippen LogP contribution in [0.4, 0.5) is 34.1 Å². The number of carbonyl (C=O) groups excluding carboxylic acids is 4. The summed E-state index contributed by atoms with van der Waals surface area (Å²) in [7, 11) is 3.81. The van der Waals surface area contributed by atoms with Crippen LogP contribution in [0.1, 0.15) is 55.2 Å². The predicted octanol–water partition coefficient (Wildman–Crippen LogP) is 5.10. The highest BCUT2D eigenvalue weighted by Gasteiger charge is 2.41. The smallest absolute Gasteiger partial charge is 0.418 e. The number of fused-ring (bicyclic) bond motifs is 1. The van der Waals surface area contributed by atoms with Crippen LogP contribution in [0.15, 0.2) is 36.4 Å². The summed E-state index contributed by atoms with van der Waals surface area (Å²) in [5.74, 6) is -0.783. The second-order valence-electron chi connectivity index (χ2n) is 15.3. The van der Waals surface area contributed by atoms with Crippen LogP contribution in [0.5, 0.6) is 0 Å². The number of nitrogens with two attached hydrogens (primary N) is 1. The minimum Gasteiger partial charge on any atom is -0.463 e. The number of urea groups is 1. The lowest BCUT2D eigenvalue weighted by molar-refractivity contribution is -0.151. The van der Waals surface area contributed by atoms with Gasteiger partial charge in [-0.25, -0.2) is 9.59 Å². The number of piperidine rings is 2. The fourth-order valence-electron chi connectivity index (χ4n) is 8.24. The van der Waals surface area contributed by atoms with Gasteiger partial charge in [0.2, 0.25) is 0 Å². The van der Waals surface area contributed by atoms with Crippen molar-refractivity contribution in [2.45, 2.75) is 81.8 Å². The van der Waals surface area contributed by atoms with Crippen LogP contribution in [-0.2, 0) is 38.1 Å². The Morgan fingerprint density at radius 2 is 1.64 bits per heavy atom. The number of para-hydroxylation sites is 1. The number of ether oxygens (including phenoxy) is 2. The molecule has 13 nitrogen and oxygen atoms in total. The highest BCUT2D eigenvalue weighted by Crippen LogP contribution is 2.38. The second-order valence-corrected chi connectivity index (χ2v) is 15.7. The molecule has 3 N–H and O–H groups in total. The van der Waals surface area contributed by atoms with Gasteiger partial charge in [-0.15, -0.1) is 0 Å². The molecule has 2 aromatic rings. The summed E-state index contributed by atoms with van der Waals surface area (Å²) in [4.78, 5) is 62.8. The number of nitrogen functional groups attached to an aromatic ring is 1. The van der Waals surface area contributed by atoms with E-state index in [0.29, 0.717) is 71.3 Å². The molecule has 0 aromatic heterocycles. The molecule has 2 aromatic carbocycles. The molecule has 56 heavy (non-hydrogen) atoms. The van der Waals surface area contributed by atoms with Gasteiger partial charge in [0.15, 0.2) is 6.10 Å². The van der Waals surface area contributed by atoms with Gasteiger partial charge in [0.05, 0.1) is 16.3 Å². The number of likely N-dealkylation sites (tertiary alicyclic amines) is 3. The number of alkyl halides is 3. The zero-order valence-electron chi connectivity index (χ0n) is 31.9. The standard InChI is InChI=1S/C39H51ClF3N7O6/c1-46(2)20-21-55-36(52)32-8-5-14-49(32)27-10-15-47(16-11-27)35(51)33(24-25-22-29(39(41,42)43)34(44)30(40)23-25)56-38(54)48-17-12-28(13-18-48)50-19-9-26-6-3-4-7-31(26)45-37(50)53/h3-4,6-7,22-23,27-28,32-33H,5,8-21,24,44H2,1-2H3,(H,45,53)/t32-,33+/m0/s1. The van der Waals surface area contributed by atoms with Gasteiger partial charge in [-0.05, 0) is 94.9 Å². The van der Waals surface area contributed by atoms with E-state index in [-0.39, 0.29) is 60.2 Å². The van der Waals surface area contributed by atoms with Gasteiger partial charge in [-0.3, -0.25) is 14.5 Å². The normalized spacial score (nSPS) is 20.7. The number of carbonyl (C=O) groups is 4. The summed E-state index contributed by atoms with van der Waals surface area (Å²) < 4.78 is 53.1. The fourth-order valence-corrected chi connectivity index (χ4v) is 8.48. The number of benzene rings is 2. The number of rotatable bonds is 10. The van der Waals surface area contributed by atoms with Crippen molar-refractivity contribution < 1.29 is 41.8 Å². The van der Waals surface area contributed by atoms with Crippen LogP contribution in [-0.4, -0.2) is 139 Å². The fraction of sp³-hybridized carbons (Fsp3) is 0.590. The van der Waals surface area contributed by atoms with Gasteiger partial charge in [-0.2, -0.15) is 13.2 Å². The molecule has 4 aliphatic rings. The van der Waals surface area contributed by atoms with E-state index in [2.05, 4.69) is 10.2 Å². The molecule has 4 aliphatic heterocycles. The number of amides is 4. The Morgan fingerprint density at radius 1 is 0.964 bits per heavy atom. The van der Waals surface area contributed by atoms with Gasteiger partial charge in [-0.1, -0.05) is 29.8 Å². The molecule has 17 heteroatoms. The number of esters is 1. The Labute approximate surface area is 330 Å². The molecule has 3 fully saturated rings. The van der Waals surface area contributed by atoms with Gasteiger partial charge in [0.25, 0.3) is 5.91 Å². The van der Waals surface area contributed by atoms with Gasteiger partial charge < -0.3 is 40.1 Å². The summed E-state index contributed by atoms with van der Waals surface area (Å²) in [6.45, 7) is 3.30. The first-order valence-electron chi connectivity index (χ1n) is 19.3. The van der Waals surface area contributed by atoms with Crippen molar-refractivity contribution in [1.82, 2.24) is 24.5 Å². The van der Waals surface area contributed by atoms with Crippen LogP contribution < -0.4 is 11.1 Å². The summed E-state index contributed by atoms with van der Waals surface area (Å²) in [6, 6.07) is 9.09. The first kappa shape index (κ1) is 41.4. The number of halogens is 4. The first-order chi connectivity index (χ1) is 26.7. The minimum absolute atomic E-state index is 0.0287. The number of anilines is 2. The van der Waals surface area contributed by atoms with Crippen molar-refractivity contribution in [1.29, 1.82) is 0 Å².